The lowest BCUT2D eigenvalue weighted by Gasteiger charge is -2.18. The molecule has 23 heavy (non-hydrogen) atoms. The highest BCUT2D eigenvalue weighted by Crippen LogP contribution is 2.23. The summed E-state index contributed by atoms with van der Waals surface area (Å²) in [4.78, 5) is 0. The third kappa shape index (κ3) is 4.53. The molecule has 0 aromatic heterocycles. The second-order valence-electron chi connectivity index (χ2n) is 5.66. The van der Waals surface area contributed by atoms with Crippen LogP contribution in [0.3, 0.4) is 0 Å². The van der Waals surface area contributed by atoms with E-state index in [2.05, 4.69) is 4.72 Å². The average molecular weight is 356 g/mol. The van der Waals surface area contributed by atoms with Crippen LogP contribution in [-0.4, -0.2) is 8.42 Å². The van der Waals surface area contributed by atoms with Crippen molar-refractivity contribution in [2.24, 2.45) is 0 Å². The summed E-state index contributed by atoms with van der Waals surface area (Å²) < 4.78 is 41.1. The highest BCUT2D eigenvalue weighted by molar-refractivity contribution is 7.88. The Morgan fingerprint density at radius 3 is 2.57 bits per heavy atom. The Kier molecular flexibility index (Phi) is 5.45. The number of nitrogens with one attached hydrogen (secondary N) is 1. The molecule has 0 saturated heterocycles. The van der Waals surface area contributed by atoms with Crippen molar-refractivity contribution in [1.82, 2.24) is 4.72 Å². The van der Waals surface area contributed by atoms with E-state index in [0.29, 0.717) is 0 Å². The normalized spacial score (nSPS) is 13.1. The van der Waals surface area contributed by atoms with Crippen LogP contribution >= 0.6 is 11.6 Å². The molecule has 6 heteroatoms. The molecule has 0 aliphatic heterocycles. The fourth-order valence-electron chi connectivity index (χ4n) is 2.46. The van der Waals surface area contributed by atoms with Crippen LogP contribution in [0.1, 0.15) is 35.2 Å². The van der Waals surface area contributed by atoms with Crippen molar-refractivity contribution in [3.05, 3.63) is 69.5 Å². The van der Waals surface area contributed by atoms with Crippen LogP contribution in [0.2, 0.25) is 5.02 Å². The van der Waals surface area contributed by atoms with Crippen LogP contribution in [0.15, 0.2) is 36.4 Å². The van der Waals surface area contributed by atoms with Gasteiger partial charge in [-0.05, 0) is 44.0 Å². The molecule has 0 saturated carbocycles. The molecule has 0 heterocycles. The second-order valence-corrected chi connectivity index (χ2v) is 7.82. The molecule has 0 bridgehead atoms. The Morgan fingerprint density at radius 1 is 1.22 bits per heavy atom. The molecule has 0 amide bonds. The minimum absolute atomic E-state index is 0.0187. The van der Waals surface area contributed by atoms with Crippen molar-refractivity contribution in [3.63, 3.8) is 0 Å². The topological polar surface area (TPSA) is 46.2 Å². The molecule has 124 valence electrons. The van der Waals surface area contributed by atoms with Gasteiger partial charge in [-0.2, -0.15) is 0 Å². The highest BCUT2D eigenvalue weighted by atomic mass is 35.5. The minimum atomic E-state index is -3.73. The van der Waals surface area contributed by atoms with Gasteiger partial charge in [-0.25, -0.2) is 17.5 Å². The van der Waals surface area contributed by atoms with Crippen LogP contribution < -0.4 is 4.72 Å². The average Bonchev–Trinajstić information content (AvgIpc) is 2.45. The lowest BCUT2D eigenvalue weighted by molar-refractivity contribution is 0.561. The van der Waals surface area contributed by atoms with Crippen molar-refractivity contribution in [3.8, 4) is 0 Å². The maximum Gasteiger partial charge on any atom is 0.216 e. The summed E-state index contributed by atoms with van der Waals surface area (Å²) in [5, 5.41) is 0.106. The smallest absolute Gasteiger partial charge is 0.212 e. The molecule has 0 spiro atoms. The fourth-order valence-corrected chi connectivity index (χ4v) is 4.19. The first-order valence-electron chi connectivity index (χ1n) is 7.19. The zero-order valence-electron chi connectivity index (χ0n) is 13.2. The standard InChI is InChI=1S/C17H19ClFNO2S/c1-11-7-8-12(2)14(9-11)13(3)20-23(21,22)10-15-16(18)5-4-6-17(15)19/h4-9,13,20H,10H2,1-3H3. The summed E-state index contributed by atoms with van der Waals surface area (Å²) in [5.41, 5.74) is 2.92. The van der Waals surface area contributed by atoms with Gasteiger partial charge in [0.05, 0.1) is 5.75 Å². The third-order valence-electron chi connectivity index (χ3n) is 3.65. The summed E-state index contributed by atoms with van der Waals surface area (Å²) in [6.45, 7) is 5.64. The van der Waals surface area contributed by atoms with Gasteiger partial charge in [0, 0.05) is 16.6 Å². The van der Waals surface area contributed by atoms with Crippen molar-refractivity contribution >= 4 is 21.6 Å². The molecule has 2 rings (SSSR count). The van der Waals surface area contributed by atoms with E-state index < -0.39 is 27.6 Å². The van der Waals surface area contributed by atoms with Crippen molar-refractivity contribution in [1.29, 1.82) is 0 Å². The van der Waals surface area contributed by atoms with Crippen LogP contribution in [0.25, 0.3) is 0 Å². The molecule has 1 N–H and O–H groups in total. The molecule has 2 aromatic carbocycles. The van der Waals surface area contributed by atoms with Gasteiger partial charge >= 0.3 is 0 Å². The van der Waals surface area contributed by atoms with Crippen molar-refractivity contribution in [2.45, 2.75) is 32.6 Å². The van der Waals surface area contributed by atoms with Gasteiger partial charge in [0.2, 0.25) is 10.0 Å². The molecule has 2 aromatic rings. The van der Waals surface area contributed by atoms with Gasteiger partial charge < -0.3 is 0 Å². The minimum Gasteiger partial charge on any atom is -0.212 e. The predicted molar refractivity (Wildman–Crippen MR) is 91.5 cm³/mol. The predicted octanol–water partition coefficient (Wildman–Crippen LogP) is 4.28. The Hall–Kier alpha value is -1.43. The maximum atomic E-state index is 13.8. The van der Waals surface area contributed by atoms with Gasteiger partial charge in [0.15, 0.2) is 0 Å². The van der Waals surface area contributed by atoms with E-state index >= 15 is 0 Å². The molecule has 1 unspecified atom stereocenters. The van der Waals surface area contributed by atoms with Gasteiger partial charge in [0.1, 0.15) is 5.82 Å². The second kappa shape index (κ2) is 6.99. The van der Waals surface area contributed by atoms with Crippen LogP contribution in [0.5, 0.6) is 0 Å². The lowest BCUT2D eigenvalue weighted by Crippen LogP contribution is -2.29. The Morgan fingerprint density at radius 2 is 1.91 bits per heavy atom. The van der Waals surface area contributed by atoms with E-state index in [-0.39, 0.29) is 10.6 Å². The first-order chi connectivity index (χ1) is 10.7. The largest absolute Gasteiger partial charge is 0.216 e. The number of hydrogen-bond acceptors (Lipinski definition) is 2. The molecular formula is C17H19ClFNO2S. The van der Waals surface area contributed by atoms with Gasteiger partial charge in [-0.15, -0.1) is 0 Å². The summed E-state index contributed by atoms with van der Waals surface area (Å²) in [6.07, 6.45) is 0. The number of sulfonamides is 1. The number of aryl methyl sites for hydroxylation is 2. The number of halogens is 2. The first-order valence-corrected chi connectivity index (χ1v) is 9.22. The number of benzene rings is 2. The molecule has 0 aliphatic carbocycles. The molecule has 0 aliphatic rings. The van der Waals surface area contributed by atoms with E-state index in [1.807, 2.05) is 32.0 Å². The van der Waals surface area contributed by atoms with Gasteiger partial charge in [0.25, 0.3) is 0 Å². The number of rotatable bonds is 5. The van der Waals surface area contributed by atoms with E-state index in [4.69, 9.17) is 11.6 Å². The summed E-state index contributed by atoms with van der Waals surface area (Å²) in [7, 11) is -3.73. The summed E-state index contributed by atoms with van der Waals surface area (Å²) >= 11 is 5.90. The molecule has 3 nitrogen and oxygen atoms in total. The third-order valence-corrected chi connectivity index (χ3v) is 5.39. The van der Waals surface area contributed by atoms with E-state index in [9.17, 15) is 12.8 Å². The Labute approximate surface area is 141 Å². The monoisotopic (exact) mass is 355 g/mol. The maximum absolute atomic E-state index is 13.8. The molecule has 0 radical (unpaired) electrons. The molecule has 0 fully saturated rings. The van der Waals surface area contributed by atoms with Gasteiger partial charge in [-0.3, -0.25) is 0 Å². The van der Waals surface area contributed by atoms with E-state index in [1.54, 1.807) is 6.92 Å². The summed E-state index contributed by atoms with van der Waals surface area (Å²) in [5.74, 6) is -1.12. The molecular weight excluding hydrogens is 337 g/mol. The Bertz CT molecular complexity index is 801. The van der Waals surface area contributed by atoms with E-state index in [0.717, 1.165) is 16.7 Å². The zero-order valence-corrected chi connectivity index (χ0v) is 14.8. The fraction of sp³-hybridized carbons (Fsp3) is 0.294. The van der Waals surface area contributed by atoms with E-state index in [1.165, 1.54) is 18.2 Å². The molecule has 1 atom stereocenters. The van der Waals surface area contributed by atoms with Gasteiger partial charge in [-0.1, -0.05) is 41.4 Å². The van der Waals surface area contributed by atoms with Crippen LogP contribution in [-0.2, 0) is 15.8 Å². The SMILES string of the molecule is Cc1ccc(C)c(C(C)NS(=O)(=O)Cc2c(F)cccc2Cl)c1. The Balaban J connectivity index is 2.23. The van der Waals surface area contributed by atoms with Crippen LogP contribution in [0.4, 0.5) is 4.39 Å². The first kappa shape index (κ1) is 17.9. The van der Waals surface area contributed by atoms with Crippen molar-refractivity contribution < 1.29 is 12.8 Å². The van der Waals surface area contributed by atoms with Crippen LogP contribution in [0, 0.1) is 19.7 Å². The zero-order chi connectivity index (χ0) is 17.2. The summed E-state index contributed by atoms with van der Waals surface area (Å²) in [6, 6.07) is 9.57. The van der Waals surface area contributed by atoms with Crippen molar-refractivity contribution in [2.75, 3.05) is 0 Å². The highest BCUT2D eigenvalue weighted by Gasteiger charge is 2.21. The quantitative estimate of drug-likeness (QED) is 0.870. The lowest BCUT2D eigenvalue weighted by atomic mass is 10.0. The number of hydrogen-bond donors (Lipinski definition) is 1.